The molecule has 0 aliphatic carbocycles. The maximum Gasteiger partial charge on any atom is 0.263 e. The van der Waals surface area contributed by atoms with Crippen molar-refractivity contribution in [2.75, 3.05) is 5.32 Å². The SMILES string of the molecule is CCc1cccc(NC(=O)Cn2cccc(-c3nc(-c4ccc(Br)cc4)no3)c2=O)c1. The van der Waals surface area contributed by atoms with E-state index < -0.39 is 0 Å². The minimum Gasteiger partial charge on any atom is -0.333 e. The summed E-state index contributed by atoms with van der Waals surface area (Å²) in [5.41, 5.74) is 2.44. The number of amides is 1. The van der Waals surface area contributed by atoms with Crippen molar-refractivity contribution >= 4 is 27.5 Å². The zero-order valence-corrected chi connectivity index (χ0v) is 18.3. The number of carbonyl (C=O) groups is 1. The minimum absolute atomic E-state index is 0.105. The van der Waals surface area contributed by atoms with Crippen molar-refractivity contribution in [3.63, 3.8) is 0 Å². The third-order valence-corrected chi connectivity index (χ3v) is 5.24. The molecule has 7 nitrogen and oxygen atoms in total. The predicted octanol–water partition coefficient (Wildman–Crippen LogP) is 4.53. The Hall–Kier alpha value is -3.52. The first kappa shape index (κ1) is 20.7. The van der Waals surface area contributed by atoms with Gasteiger partial charge in [0.1, 0.15) is 12.1 Å². The molecule has 0 aliphatic heterocycles. The summed E-state index contributed by atoms with van der Waals surface area (Å²) in [6, 6.07) is 18.3. The van der Waals surface area contributed by atoms with Crippen LogP contribution in [0.25, 0.3) is 22.8 Å². The van der Waals surface area contributed by atoms with Gasteiger partial charge in [0.25, 0.3) is 11.4 Å². The second-order valence-electron chi connectivity index (χ2n) is 6.89. The Labute approximate surface area is 186 Å². The van der Waals surface area contributed by atoms with Gasteiger partial charge in [-0.1, -0.05) is 40.1 Å². The summed E-state index contributed by atoms with van der Waals surface area (Å²) in [4.78, 5) is 29.7. The van der Waals surface area contributed by atoms with E-state index >= 15 is 0 Å². The van der Waals surface area contributed by atoms with Crippen LogP contribution in [0, 0.1) is 0 Å². The third kappa shape index (κ3) is 4.80. The quantitative estimate of drug-likeness (QED) is 0.439. The van der Waals surface area contributed by atoms with Crippen LogP contribution < -0.4 is 10.9 Å². The molecule has 1 N–H and O–H groups in total. The summed E-state index contributed by atoms with van der Waals surface area (Å²) in [6.07, 6.45) is 2.43. The van der Waals surface area contributed by atoms with Crippen LogP contribution in [0.5, 0.6) is 0 Å². The molecule has 1 amide bonds. The number of hydrogen-bond acceptors (Lipinski definition) is 5. The number of carbonyl (C=O) groups excluding carboxylic acids is 1. The number of benzene rings is 2. The van der Waals surface area contributed by atoms with E-state index in [0.717, 1.165) is 22.0 Å². The summed E-state index contributed by atoms with van der Waals surface area (Å²) in [6.45, 7) is 1.92. The molecule has 31 heavy (non-hydrogen) atoms. The minimum atomic E-state index is -0.383. The number of halogens is 1. The van der Waals surface area contributed by atoms with E-state index in [1.165, 1.54) is 4.57 Å². The Morgan fingerprint density at radius 1 is 1.13 bits per heavy atom. The smallest absolute Gasteiger partial charge is 0.263 e. The largest absolute Gasteiger partial charge is 0.333 e. The normalized spacial score (nSPS) is 10.8. The van der Waals surface area contributed by atoms with Crippen molar-refractivity contribution in [1.29, 1.82) is 0 Å². The van der Waals surface area contributed by atoms with Gasteiger partial charge in [-0.05, 0) is 60.5 Å². The van der Waals surface area contributed by atoms with E-state index in [-0.39, 0.29) is 29.5 Å². The van der Waals surface area contributed by atoms with E-state index in [4.69, 9.17) is 4.52 Å². The Morgan fingerprint density at radius 3 is 2.71 bits per heavy atom. The van der Waals surface area contributed by atoms with Gasteiger partial charge in [0.15, 0.2) is 0 Å². The molecule has 0 fully saturated rings. The fraction of sp³-hybridized carbons (Fsp3) is 0.130. The van der Waals surface area contributed by atoms with E-state index in [0.29, 0.717) is 11.5 Å². The fourth-order valence-corrected chi connectivity index (χ4v) is 3.36. The average Bonchev–Trinajstić information content (AvgIpc) is 3.26. The van der Waals surface area contributed by atoms with Crippen molar-refractivity contribution in [2.24, 2.45) is 0 Å². The number of nitrogens with one attached hydrogen (secondary N) is 1. The molecular formula is C23H19BrN4O3. The lowest BCUT2D eigenvalue weighted by Crippen LogP contribution is -2.28. The molecule has 8 heteroatoms. The first-order chi connectivity index (χ1) is 15.0. The summed E-state index contributed by atoms with van der Waals surface area (Å²) in [5, 5.41) is 6.80. The second kappa shape index (κ2) is 9.09. The highest BCUT2D eigenvalue weighted by Gasteiger charge is 2.16. The van der Waals surface area contributed by atoms with Gasteiger partial charge in [0, 0.05) is 21.9 Å². The van der Waals surface area contributed by atoms with Crippen molar-refractivity contribution in [3.8, 4) is 22.8 Å². The van der Waals surface area contributed by atoms with Crippen molar-refractivity contribution in [3.05, 3.63) is 87.3 Å². The number of anilines is 1. The van der Waals surface area contributed by atoms with Crippen LogP contribution >= 0.6 is 15.9 Å². The molecule has 4 rings (SSSR count). The van der Waals surface area contributed by atoms with Crippen LogP contribution in [-0.2, 0) is 17.8 Å². The molecule has 0 radical (unpaired) electrons. The standard InChI is InChI=1S/C23H19BrN4O3/c1-2-15-5-3-6-18(13-15)25-20(29)14-28-12-4-7-19(23(28)30)22-26-21(27-31-22)16-8-10-17(24)11-9-16/h3-13H,2,14H2,1H3,(H,25,29). The summed E-state index contributed by atoms with van der Waals surface area (Å²) >= 11 is 3.38. The average molecular weight is 479 g/mol. The molecule has 0 spiro atoms. The van der Waals surface area contributed by atoms with Crippen molar-refractivity contribution in [1.82, 2.24) is 14.7 Å². The zero-order valence-electron chi connectivity index (χ0n) is 16.7. The lowest BCUT2D eigenvalue weighted by molar-refractivity contribution is -0.116. The third-order valence-electron chi connectivity index (χ3n) is 4.71. The Bertz CT molecular complexity index is 1280. The lowest BCUT2D eigenvalue weighted by atomic mass is 10.1. The van der Waals surface area contributed by atoms with Crippen LogP contribution in [0.15, 0.2) is 80.7 Å². The molecule has 0 saturated heterocycles. The maximum absolute atomic E-state index is 12.9. The number of hydrogen-bond donors (Lipinski definition) is 1. The molecule has 0 saturated carbocycles. The van der Waals surface area contributed by atoms with Gasteiger partial charge in [-0.15, -0.1) is 0 Å². The predicted molar refractivity (Wildman–Crippen MR) is 122 cm³/mol. The Balaban J connectivity index is 1.54. The van der Waals surface area contributed by atoms with Crippen LogP contribution in [0.3, 0.4) is 0 Å². The molecule has 2 heterocycles. The van der Waals surface area contributed by atoms with Crippen molar-refractivity contribution in [2.45, 2.75) is 19.9 Å². The molecule has 2 aromatic carbocycles. The van der Waals surface area contributed by atoms with Gasteiger partial charge in [-0.3, -0.25) is 9.59 Å². The Morgan fingerprint density at radius 2 is 1.94 bits per heavy atom. The molecular weight excluding hydrogens is 460 g/mol. The topological polar surface area (TPSA) is 90.0 Å². The van der Waals surface area contributed by atoms with E-state index in [1.807, 2.05) is 55.5 Å². The highest BCUT2D eigenvalue weighted by Crippen LogP contribution is 2.22. The maximum atomic E-state index is 12.9. The molecule has 0 bridgehead atoms. The molecule has 0 atom stereocenters. The first-order valence-electron chi connectivity index (χ1n) is 9.72. The van der Waals surface area contributed by atoms with E-state index in [9.17, 15) is 9.59 Å². The van der Waals surface area contributed by atoms with Crippen molar-refractivity contribution < 1.29 is 9.32 Å². The summed E-state index contributed by atoms with van der Waals surface area (Å²) < 4.78 is 7.56. The highest BCUT2D eigenvalue weighted by atomic mass is 79.9. The number of rotatable bonds is 6. The van der Waals surface area contributed by atoms with Gasteiger partial charge >= 0.3 is 0 Å². The van der Waals surface area contributed by atoms with E-state index in [2.05, 4.69) is 31.4 Å². The molecule has 156 valence electrons. The van der Waals surface area contributed by atoms with Gasteiger partial charge in [0.05, 0.1) is 0 Å². The molecule has 2 aromatic heterocycles. The van der Waals surface area contributed by atoms with E-state index in [1.54, 1.807) is 18.3 Å². The van der Waals surface area contributed by atoms with Gasteiger partial charge < -0.3 is 14.4 Å². The van der Waals surface area contributed by atoms with Gasteiger partial charge in [-0.2, -0.15) is 4.98 Å². The number of pyridine rings is 1. The summed E-state index contributed by atoms with van der Waals surface area (Å²) in [7, 11) is 0. The summed E-state index contributed by atoms with van der Waals surface area (Å²) in [5.74, 6) is 0.188. The van der Waals surface area contributed by atoms with Crippen LogP contribution in [0.1, 0.15) is 12.5 Å². The lowest BCUT2D eigenvalue weighted by Gasteiger charge is -2.09. The number of nitrogens with zero attached hydrogens (tertiary/aromatic N) is 3. The number of aryl methyl sites for hydroxylation is 1. The Kier molecular flexibility index (Phi) is 6.08. The molecule has 0 unspecified atom stereocenters. The van der Waals surface area contributed by atoms with Crippen LogP contribution in [0.2, 0.25) is 0 Å². The highest BCUT2D eigenvalue weighted by molar-refractivity contribution is 9.10. The van der Waals surface area contributed by atoms with Gasteiger partial charge in [-0.25, -0.2) is 0 Å². The second-order valence-corrected chi connectivity index (χ2v) is 7.80. The van der Waals surface area contributed by atoms with Gasteiger partial charge in [0.2, 0.25) is 11.7 Å². The fourth-order valence-electron chi connectivity index (χ4n) is 3.10. The molecule has 4 aromatic rings. The van der Waals surface area contributed by atoms with Crippen LogP contribution in [-0.4, -0.2) is 20.6 Å². The zero-order chi connectivity index (χ0) is 21.8. The first-order valence-corrected chi connectivity index (χ1v) is 10.5. The monoisotopic (exact) mass is 478 g/mol. The van der Waals surface area contributed by atoms with Crippen LogP contribution in [0.4, 0.5) is 5.69 Å². The molecule has 0 aliphatic rings. The number of aromatic nitrogens is 3.